The first-order valence-electron chi connectivity index (χ1n) is 7.24. The number of hydrogen-bond acceptors (Lipinski definition) is 5. The van der Waals surface area contributed by atoms with Crippen LogP contribution in [-0.4, -0.2) is 62.9 Å². The van der Waals surface area contributed by atoms with Gasteiger partial charge in [-0.1, -0.05) is 6.07 Å². The third kappa shape index (κ3) is 5.95. The van der Waals surface area contributed by atoms with Crippen molar-refractivity contribution in [1.82, 2.24) is 15.5 Å². The van der Waals surface area contributed by atoms with Crippen molar-refractivity contribution in [3.05, 3.63) is 24.3 Å². The Bertz CT molecular complexity index is 450. The van der Waals surface area contributed by atoms with Crippen LogP contribution in [0.15, 0.2) is 29.2 Å². The van der Waals surface area contributed by atoms with Gasteiger partial charge in [-0.3, -0.25) is 9.69 Å². The largest absolute Gasteiger partial charge is 0.497 e. The molecule has 0 spiro atoms. The Kier molecular flexibility index (Phi) is 6.85. The second kappa shape index (κ2) is 8.92. The summed E-state index contributed by atoms with van der Waals surface area (Å²) in [5.41, 5.74) is 0. The van der Waals surface area contributed by atoms with Crippen molar-refractivity contribution in [2.24, 2.45) is 0 Å². The molecule has 0 saturated carbocycles. The Balaban J connectivity index is 1.62. The third-order valence-electron chi connectivity index (χ3n) is 3.37. The molecule has 0 aromatic heterocycles. The van der Waals surface area contributed by atoms with Crippen LogP contribution in [0.4, 0.5) is 0 Å². The fraction of sp³-hybridized carbons (Fsp3) is 0.533. The molecule has 1 aliphatic heterocycles. The van der Waals surface area contributed by atoms with Gasteiger partial charge in [-0.15, -0.1) is 11.8 Å². The molecule has 2 N–H and O–H groups in total. The van der Waals surface area contributed by atoms with Crippen LogP contribution in [0.25, 0.3) is 0 Å². The maximum absolute atomic E-state index is 11.8. The van der Waals surface area contributed by atoms with Gasteiger partial charge in [0.15, 0.2) is 0 Å². The molecule has 1 aliphatic rings. The lowest BCUT2D eigenvalue weighted by Crippen LogP contribution is -2.46. The molecule has 2 rings (SSSR count). The van der Waals surface area contributed by atoms with E-state index in [0.29, 0.717) is 5.75 Å². The zero-order valence-corrected chi connectivity index (χ0v) is 13.2. The van der Waals surface area contributed by atoms with Gasteiger partial charge in [-0.25, -0.2) is 0 Å². The number of amides is 1. The minimum Gasteiger partial charge on any atom is -0.497 e. The molecular weight excluding hydrogens is 286 g/mol. The van der Waals surface area contributed by atoms with Gasteiger partial charge < -0.3 is 15.4 Å². The number of methoxy groups -OCH3 is 1. The lowest BCUT2D eigenvalue weighted by molar-refractivity contribution is -0.118. The van der Waals surface area contributed by atoms with Crippen LogP contribution in [0.5, 0.6) is 5.75 Å². The lowest BCUT2D eigenvalue weighted by atomic mass is 10.3. The predicted octanol–water partition coefficient (Wildman–Crippen LogP) is 0.809. The Morgan fingerprint density at radius 2 is 2.24 bits per heavy atom. The molecule has 0 unspecified atom stereocenters. The second-order valence-corrected chi connectivity index (χ2v) is 5.96. The van der Waals surface area contributed by atoms with Gasteiger partial charge in [0, 0.05) is 44.2 Å². The highest BCUT2D eigenvalue weighted by molar-refractivity contribution is 8.00. The number of nitrogens with zero attached hydrogens (tertiary/aromatic N) is 1. The number of rotatable bonds is 7. The molecule has 1 heterocycles. The van der Waals surface area contributed by atoms with E-state index in [1.807, 2.05) is 24.3 Å². The summed E-state index contributed by atoms with van der Waals surface area (Å²) in [6.45, 7) is 5.86. The highest BCUT2D eigenvalue weighted by atomic mass is 32.2. The third-order valence-corrected chi connectivity index (χ3v) is 4.36. The summed E-state index contributed by atoms with van der Waals surface area (Å²) in [4.78, 5) is 15.2. The zero-order valence-electron chi connectivity index (χ0n) is 12.4. The van der Waals surface area contributed by atoms with E-state index in [1.54, 1.807) is 7.11 Å². The molecule has 0 atom stereocenters. The Hall–Kier alpha value is -1.24. The summed E-state index contributed by atoms with van der Waals surface area (Å²) < 4.78 is 5.17. The fourth-order valence-corrected chi connectivity index (χ4v) is 2.95. The van der Waals surface area contributed by atoms with Crippen LogP contribution in [0.3, 0.4) is 0 Å². The molecule has 1 fully saturated rings. The SMILES string of the molecule is COc1cccc(SCC(=O)NCCN2CCNCC2)c1. The molecule has 1 aromatic carbocycles. The number of piperazine rings is 1. The molecule has 0 bridgehead atoms. The Morgan fingerprint density at radius 1 is 1.43 bits per heavy atom. The maximum Gasteiger partial charge on any atom is 0.230 e. The standard InChI is InChI=1S/C15H23N3O2S/c1-20-13-3-2-4-14(11-13)21-12-15(19)17-7-10-18-8-5-16-6-9-18/h2-4,11,16H,5-10,12H2,1H3,(H,17,19). The Morgan fingerprint density at radius 3 is 3.00 bits per heavy atom. The first-order chi connectivity index (χ1) is 10.3. The molecule has 6 heteroatoms. The smallest absolute Gasteiger partial charge is 0.230 e. The maximum atomic E-state index is 11.8. The van der Waals surface area contributed by atoms with Gasteiger partial charge >= 0.3 is 0 Å². The molecule has 0 radical (unpaired) electrons. The average Bonchev–Trinajstić information content (AvgIpc) is 2.54. The minimum atomic E-state index is 0.0814. The highest BCUT2D eigenvalue weighted by Crippen LogP contribution is 2.22. The summed E-state index contributed by atoms with van der Waals surface area (Å²) in [7, 11) is 1.65. The van der Waals surface area contributed by atoms with Crippen LogP contribution in [0.1, 0.15) is 0 Å². The summed E-state index contributed by atoms with van der Waals surface area (Å²) in [5.74, 6) is 1.34. The number of thioether (sulfide) groups is 1. The van der Waals surface area contributed by atoms with E-state index in [1.165, 1.54) is 11.8 Å². The molecule has 1 amide bonds. The lowest BCUT2D eigenvalue weighted by Gasteiger charge is -2.27. The highest BCUT2D eigenvalue weighted by Gasteiger charge is 2.09. The molecule has 116 valence electrons. The van der Waals surface area contributed by atoms with Crippen LogP contribution in [-0.2, 0) is 4.79 Å². The van der Waals surface area contributed by atoms with E-state index < -0.39 is 0 Å². The van der Waals surface area contributed by atoms with Crippen molar-refractivity contribution in [2.75, 3.05) is 52.1 Å². The number of nitrogens with one attached hydrogen (secondary N) is 2. The van der Waals surface area contributed by atoms with Crippen molar-refractivity contribution >= 4 is 17.7 Å². The number of benzene rings is 1. The van der Waals surface area contributed by atoms with Gasteiger partial charge in [0.25, 0.3) is 0 Å². The van der Waals surface area contributed by atoms with E-state index >= 15 is 0 Å². The molecule has 21 heavy (non-hydrogen) atoms. The normalized spacial score (nSPS) is 15.7. The second-order valence-electron chi connectivity index (χ2n) is 4.91. The summed E-state index contributed by atoms with van der Waals surface area (Å²) >= 11 is 1.53. The first-order valence-corrected chi connectivity index (χ1v) is 8.23. The van der Waals surface area contributed by atoms with Gasteiger partial charge in [0.1, 0.15) is 5.75 Å². The summed E-state index contributed by atoms with van der Waals surface area (Å²) in [6, 6.07) is 7.76. The van der Waals surface area contributed by atoms with Crippen LogP contribution >= 0.6 is 11.8 Å². The van der Waals surface area contributed by atoms with E-state index in [9.17, 15) is 4.79 Å². The van der Waals surface area contributed by atoms with E-state index in [-0.39, 0.29) is 5.91 Å². The number of hydrogen-bond donors (Lipinski definition) is 2. The van der Waals surface area contributed by atoms with E-state index in [2.05, 4.69) is 15.5 Å². The topological polar surface area (TPSA) is 53.6 Å². The van der Waals surface area contributed by atoms with Crippen LogP contribution < -0.4 is 15.4 Å². The van der Waals surface area contributed by atoms with Crippen molar-refractivity contribution in [1.29, 1.82) is 0 Å². The van der Waals surface area contributed by atoms with E-state index in [4.69, 9.17) is 4.74 Å². The molecular formula is C15H23N3O2S. The van der Waals surface area contributed by atoms with Gasteiger partial charge in [0.2, 0.25) is 5.91 Å². The van der Waals surface area contributed by atoms with Crippen molar-refractivity contribution in [3.63, 3.8) is 0 Å². The predicted molar refractivity (Wildman–Crippen MR) is 86.0 cm³/mol. The number of carbonyl (C=O) groups is 1. The van der Waals surface area contributed by atoms with Crippen LogP contribution in [0.2, 0.25) is 0 Å². The van der Waals surface area contributed by atoms with Crippen molar-refractivity contribution in [3.8, 4) is 5.75 Å². The summed E-state index contributed by atoms with van der Waals surface area (Å²) in [5, 5.41) is 6.29. The van der Waals surface area contributed by atoms with Gasteiger partial charge in [0.05, 0.1) is 12.9 Å². The van der Waals surface area contributed by atoms with Crippen molar-refractivity contribution < 1.29 is 9.53 Å². The van der Waals surface area contributed by atoms with Crippen LogP contribution in [0, 0.1) is 0 Å². The number of carbonyl (C=O) groups excluding carboxylic acids is 1. The molecule has 5 nitrogen and oxygen atoms in total. The minimum absolute atomic E-state index is 0.0814. The average molecular weight is 309 g/mol. The monoisotopic (exact) mass is 309 g/mol. The van der Waals surface area contributed by atoms with Gasteiger partial charge in [-0.2, -0.15) is 0 Å². The molecule has 0 aliphatic carbocycles. The summed E-state index contributed by atoms with van der Waals surface area (Å²) in [6.07, 6.45) is 0. The van der Waals surface area contributed by atoms with E-state index in [0.717, 1.165) is 49.9 Å². The first kappa shape index (κ1) is 16.1. The van der Waals surface area contributed by atoms with Gasteiger partial charge in [-0.05, 0) is 18.2 Å². The van der Waals surface area contributed by atoms with Crippen molar-refractivity contribution in [2.45, 2.75) is 4.90 Å². The fourth-order valence-electron chi connectivity index (χ4n) is 2.18. The Labute approximate surface area is 130 Å². The quantitative estimate of drug-likeness (QED) is 0.730. The number of ether oxygens (including phenoxy) is 1. The zero-order chi connectivity index (χ0) is 14.9. The molecule has 1 saturated heterocycles. The molecule has 1 aromatic rings.